The van der Waals surface area contributed by atoms with Crippen molar-refractivity contribution in [2.24, 2.45) is 0 Å². The highest BCUT2D eigenvalue weighted by molar-refractivity contribution is 5.86. The Labute approximate surface area is 157 Å². The third-order valence-corrected chi connectivity index (χ3v) is 5.43. The molecule has 1 radical (unpaired) electrons. The molecular weight excluding hydrogens is 336 g/mol. The van der Waals surface area contributed by atoms with Gasteiger partial charge >= 0.3 is 0 Å². The standard InChI is InChI=1S/C21H21N6/c1-13(27-10-9-17-20(22)23-12-24-21(17)27)15-6-5-14-7-8-19(26-18(14)11-15)25-16-3-2-4-16/h5-13,16H,1-4H2,(H,25,26)(H2,22,23,24). The number of nitrogens with two attached hydrogens (primary N) is 1. The fourth-order valence-electron chi connectivity index (χ4n) is 3.59. The van der Waals surface area contributed by atoms with Gasteiger partial charge in [0.1, 0.15) is 23.6 Å². The number of fused-ring (bicyclic) bond motifs is 2. The monoisotopic (exact) mass is 357 g/mol. The van der Waals surface area contributed by atoms with Crippen LogP contribution in [0.4, 0.5) is 11.6 Å². The molecule has 1 fully saturated rings. The zero-order valence-corrected chi connectivity index (χ0v) is 15.0. The van der Waals surface area contributed by atoms with Crippen molar-refractivity contribution in [3.63, 3.8) is 0 Å². The lowest BCUT2D eigenvalue weighted by molar-refractivity contribution is 0.444. The quantitative estimate of drug-likeness (QED) is 0.578. The molecule has 0 amide bonds. The molecule has 6 heteroatoms. The van der Waals surface area contributed by atoms with E-state index in [4.69, 9.17) is 10.7 Å². The minimum atomic E-state index is -0.133. The van der Waals surface area contributed by atoms with Crippen LogP contribution in [0.3, 0.4) is 0 Å². The van der Waals surface area contributed by atoms with Crippen molar-refractivity contribution in [1.82, 2.24) is 19.5 Å². The fraction of sp³-hybridized carbons (Fsp3) is 0.238. The molecular formula is C21H21N6. The van der Waals surface area contributed by atoms with E-state index in [0.29, 0.717) is 11.9 Å². The van der Waals surface area contributed by atoms with Gasteiger partial charge in [-0.15, -0.1) is 0 Å². The molecule has 1 atom stereocenters. The highest BCUT2D eigenvalue weighted by Crippen LogP contribution is 2.28. The number of hydrogen-bond donors (Lipinski definition) is 2. The molecule has 135 valence electrons. The van der Waals surface area contributed by atoms with Crippen LogP contribution in [0, 0.1) is 6.92 Å². The van der Waals surface area contributed by atoms with E-state index < -0.39 is 0 Å². The van der Waals surface area contributed by atoms with Crippen molar-refractivity contribution < 1.29 is 0 Å². The smallest absolute Gasteiger partial charge is 0.146 e. The van der Waals surface area contributed by atoms with Crippen molar-refractivity contribution in [3.05, 3.63) is 61.4 Å². The minimum absolute atomic E-state index is 0.133. The summed E-state index contributed by atoms with van der Waals surface area (Å²) in [6, 6.07) is 12.8. The number of pyridine rings is 1. The highest BCUT2D eigenvalue weighted by atomic mass is 15.1. The number of nitrogens with zero attached hydrogens (tertiary/aromatic N) is 4. The number of nitrogen functional groups attached to an aromatic ring is 1. The molecule has 0 saturated heterocycles. The first-order valence-electron chi connectivity index (χ1n) is 9.26. The fourth-order valence-corrected chi connectivity index (χ4v) is 3.59. The van der Waals surface area contributed by atoms with E-state index in [-0.39, 0.29) is 6.04 Å². The normalized spacial score (nSPS) is 15.7. The second-order valence-corrected chi connectivity index (χ2v) is 7.16. The second-order valence-electron chi connectivity index (χ2n) is 7.16. The number of nitrogens with one attached hydrogen (secondary N) is 1. The number of hydrogen-bond acceptors (Lipinski definition) is 5. The van der Waals surface area contributed by atoms with Crippen molar-refractivity contribution in [2.45, 2.75) is 31.3 Å². The van der Waals surface area contributed by atoms with E-state index in [1.807, 2.05) is 16.8 Å². The minimum Gasteiger partial charge on any atom is -0.383 e. The molecule has 3 heterocycles. The molecule has 1 unspecified atom stereocenters. The molecule has 5 rings (SSSR count). The molecule has 3 aromatic heterocycles. The predicted molar refractivity (Wildman–Crippen MR) is 108 cm³/mol. The third-order valence-electron chi connectivity index (χ3n) is 5.43. The Balaban J connectivity index is 1.51. The zero-order chi connectivity index (χ0) is 18.4. The van der Waals surface area contributed by atoms with Crippen LogP contribution in [-0.4, -0.2) is 25.6 Å². The molecule has 1 aliphatic rings. The van der Waals surface area contributed by atoms with Crippen LogP contribution >= 0.6 is 0 Å². The summed E-state index contributed by atoms with van der Waals surface area (Å²) in [7, 11) is 0. The summed E-state index contributed by atoms with van der Waals surface area (Å²) in [5, 5.41) is 5.48. The Morgan fingerprint density at radius 3 is 2.81 bits per heavy atom. The lowest BCUT2D eigenvalue weighted by atomic mass is 9.93. The summed E-state index contributed by atoms with van der Waals surface area (Å²) in [6.07, 6.45) is 7.21. The van der Waals surface area contributed by atoms with Crippen LogP contribution in [0.15, 0.2) is 48.9 Å². The van der Waals surface area contributed by atoms with Crippen LogP contribution in [-0.2, 0) is 0 Å². The molecule has 4 aromatic rings. The highest BCUT2D eigenvalue weighted by Gasteiger charge is 2.18. The van der Waals surface area contributed by atoms with Gasteiger partial charge in [0.05, 0.1) is 16.9 Å². The van der Waals surface area contributed by atoms with Gasteiger partial charge in [-0.2, -0.15) is 0 Å². The Morgan fingerprint density at radius 2 is 2.00 bits per heavy atom. The van der Waals surface area contributed by atoms with Gasteiger partial charge in [0, 0.05) is 17.6 Å². The molecule has 6 nitrogen and oxygen atoms in total. The van der Waals surface area contributed by atoms with Gasteiger partial charge in [0.25, 0.3) is 0 Å². The van der Waals surface area contributed by atoms with Gasteiger partial charge in [0.15, 0.2) is 0 Å². The predicted octanol–water partition coefficient (Wildman–Crippen LogP) is 3.95. The van der Waals surface area contributed by atoms with Crippen LogP contribution in [0.2, 0.25) is 0 Å². The maximum atomic E-state index is 5.95. The SMILES string of the molecule is [CH2]C(c1ccc2ccc(NC3CCC3)nc2c1)n1ccc2c(N)ncnc21. The van der Waals surface area contributed by atoms with Crippen molar-refractivity contribution >= 4 is 33.6 Å². The summed E-state index contributed by atoms with van der Waals surface area (Å²) < 4.78 is 2.02. The number of anilines is 2. The van der Waals surface area contributed by atoms with Crippen LogP contribution in [0.1, 0.15) is 30.9 Å². The van der Waals surface area contributed by atoms with Crippen molar-refractivity contribution in [3.8, 4) is 0 Å². The van der Waals surface area contributed by atoms with Crippen molar-refractivity contribution in [2.75, 3.05) is 11.1 Å². The summed E-state index contributed by atoms with van der Waals surface area (Å²) in [6.45, 7) is 4.35. The summed E-state index contributed by atoms with van der Waals surface area (Å²) in [5.41, 5.74) is 8.78. The molecule has 1 saturated carbocycles. The molecule has 1 aliphatic carbocycles. The largest absolute Gasteiger partial charge is 0.383 e. The average molecular weight is 357 g/mol. The Bertz CT molecular complexity index is 1130. The first-order chi connectivity index (χ1) is 13.2. The molecule has 0 bridgehead atoms. The van der Waals surface area contributed by atoms with Crippen LogP contribution in [0.25, 0.3) is 21.9 Å². The maximum absolute atomic E-state index is 5.95. The van der Waals surface area contributed by atoms with Crippen LogP contribution in [0.5, 0.6) is 0 Å². The topological polar surface area (TPSA) is 81.7 Å². The van der Waals surface area contributed by atoms with Gasteiger partial charge in [-0.1, -0.05) is 12.1 Å². The lowest BCUT2D eigenvalue weighted by Crippen LogP contribution is -2.27. The van der Waals surface area contributed by atoms with E-state index >= 15 is 0 Å². The maximum Gasteiger partial charge on any atom is 0.146 e. The van der Waals surface area contributed by atoms with E-state index in [1.165, 1.54) is 25.6 Å². The Hall–Kier alpha value is -3.15. The Kier molecular flexibility index (Phi) is 3.70. The average Bonchev–Trinajstić information content (AvgIpc) is 3.09. The first kappa shape index (κ1) is 16.1. The van der Waals surface area contributed by atoms with Gasteiger partial charge in [0.2, 0.25) is 0 Å². The molecule has 3 N–H and O–H groups in total. The second kappa shape index (κ2) is 6.23. The van der Waals surface area contributed by atoms with E-state index in [9.17, 15) is 0 Å². The lowest BCUT2D eigenvalue weighted by Gasteiger charge is -2.27. The number of rotatable bonds is 4. The first-order valence-corrected chi connectivity index (χ1v) is 9.26. The van der Waals surface area contributed by atoms with E-state index in [1.54, 1.807) is 0 Å². The van der Waals surface area contributed by atoms with Crippen LogP contribution < -0.4 is 11.1 Å². The summed E-state index contributed by atoms with van der Waals surface area (Å²) in [5.74, 6) is 1.43. The van der Waals surface area contributed by atoms with Gasteiger partial charge in [-0.3, -0.25) is 0 Å². The van der Waals surface area contributed by atoms with E-state index in [2.05, 4.69) is 52.5 Å². The number of benzene rings is 1. The Morgan fingerprint density at radius 1 is 1.15 bits per heavy atom. The number of aromatic nitrogens is 4. The molecule has 1 aromatic carbocycles. The van der Waals surface area contributed by atoms with Gasteiger partial charge in [-0.05, 0) is 56.0 Å². The molecule has 0 aliphatic heterocycles. The summed E-state index contributed by atoms with van der Waals surface area (Å²) in [4.78, 5) is 13.2. The van der Waals surface area contributed by atoms with E-state index in [0.717, 1.165) is 33.3 Å². The third kappa shape index (κ3) is 2.77. The van der Waals surface area contributed by atoms with Crippen molar-refractivity contribution in [1.29, 1.82) is 0 Å². The zero-order valence-electron chi connectivity index (χ0n) is 15.0. The van der Waals surface area contributed by atoms with Gasteiger partial charge in [-0.25, -0.2) is 15.0 Å². The van der Waals surface area contributed by atoms with Gasteiger partial charge < -0.3 is 15.6 Å². The molecule has 0 spiro atoms. The summed E-state index contributed by atoms with van der Waals surface area (Å²) >= 11 is 0. The molecule has 27 heavy (non-hydrogen) atoms.